The average Bonchev–Trinajstić information content (AvgIpc) is 3.17. The zero-order chi connectivity index (χ0) is 24.0. The first-order valence-electron chi connectivity index (χ1n) is 10.2. The second kappa shape index (κ2) is 8.26. The molecule has 0 radical (unpaired) electrons. The number of nitrogens with zero attached hydrogens (tertiary/aromatic N) is 3. The highest BCUT2D eigenvalue weighted by molar-refractivity contribution is 5.85. The Bertz CT molecular complexity index is 1590. The molecule has 0 unspecified atom stereocenters. The van der Waals surface area contributed by atoms with E-state index in [1.54, 1.807) is 6.07 Å². The van der Waals surface area contributed by atoms with Crippen molar-refractivity contribution in [3.05, 3.63) is 106 Å². The van der Waals surface area contributed by atoms with Gasteiger partial charge >= 0.3 is 0 Å². The summed E-state index contributed by atoms with van der Waals surface area (Å²) in [5.41, 5.74) is -0.914. The van der Waals surface area contributed by atoms with Gasteiger partial charge in [0.1, 0.15) is 23.3 Å². The zero-order valence-corrected chi connectivity index (χ0v) is 17.7. The van der Waals surface area contributed by atoms with Crippen molar-refractivity contribution in [2.75, 3.05) is 0 Å². The summed E-state index contributed by atoms with van der Waals surface area (Å²) in [6.45, 7) is 1.54. The van der Waals surface area contributed by atoms with Gasteiger partial charge in [-0.15, -0.1) is 10.2 Å². The van der Waals surface area contributed by atoms with Gasteiger partial charge in [-0.1, -0.05) is 6.07 Å². The van der Waals surface area contributed by atoms with Crippen molar-refractivity contribution in [1.29, 1.82) is 0 Å². The highest BCUT2D eigenvalue weighted by atomic mass is 19.1. The van der Waals surface area contributed by atoms with Gasteiger partial charge in [-0.05, 0) is 42.5 Å². The predicted molar refractivity (Wildman–Crippen MR) is 118 cm³/mol. The molecule has 0 bridgehead atoms. The van der Waals surface area contributed by atoms with E-state index in [9.17, 15) is 13.6 Å². The molecule has 5 rings (SSSR count). The largest absolute Gasteiger partial charge is 0.421 e. The Labute approximate surface area is 190 Å². The van der Waals surface area contributed by atoms with Crippen LogP contribution in [0.1, 0.15) is 18.0 Å². The minimum atomic E-state index is -1.01. The summed E-state index contributed by atoms with van der Waals surface area (Å²) in [6.07, 6.45) is 4.71. The molecular weight excluding hydrogens is 450 g/mol. The lowest BCUT2D eigenvalue weighted by atomic mass is 10.00. The molecule has 4 aromatic rings. The maximum Gasteiger partial charge on any atom is 0.247 e. The van der Waals surface area contributed by atoms with E-state index in [2.05, 4.69) is 10.2 Å². The van der Waals surface area contributed by atoms with Crippen LogP contribution in [0.5, 0.6) is 0 Å². The van der Waals surface area contributed by atoms with Gasteiger partial charge < -0.3 is 8.82 Å². The Morgan fingerprint density at radius 3 is 2.44 bits per heavy atom. The minimum Gasteiger partial charge on any atom is -0.421 e. The van der Waals surface area contributed by atoms with Crippen molar-refractivity contribution in [2.24, 2.45) is 0 Å². The van der Waals surface area contributed by atoms with Gasteiger partial charge in [-0.2, -0.15) is 0 Å². The van der Waals surface area contributed by atoms with Gasteiger partial charge in [0.2, 0.25) is 11.8 Å². The second-order valence-corrected chi connectivity index (χ2v) is 7.61. The SMILES string of the molecule is Cc1nnc(-c2cc(F)c(-c3c(=O)ccn4c(C5=CC=C(F)CC=C5F)cccc34)c(F)c2)o1. The molecule has 1 aliphatic rings. The third-order valence-corrected chi connectivity index (χ3v) is 5.41. The highest BCUT2D eigenvalue weighted by Gasteiger charge is 2.22. The average molecular weight is 465 g/mol. The number of halogens is 4. The molecule has 1 aliphatic carbocycles. The van der Waals surface area contributed by atoms with Crippen LogP contribution in [0.4, 0.5) is 17.6 Å². The molecule has 0 aliphatic heterocycles. The monoisotopic (exact) mass is 465 g/mol. The van der Waals surface area contributed by atoms with Crippen LogP contribution in [0.15, 0.2) is 81.7 Å². The zero-order valence-electron chi connectivity index (χ0n) is 17.7. The van der Waals surface area contributed by atoms with E-state index < -0.39 is 34.3 Å². The number of pyridine rings is 2. The van der Waals surface area contributed by atoms with E-state index in [0.29, 0.717) is 0 Å². The predicted octanol–water partition coefficient (Wildman–Crippen LogP) is 6.10. The Morgan fingerprint density at radius 1 is 0.971 bits per heavy atom. The molecular formula is C25H15F4N3O2. The molecule has 3 aromatic heterocycles. The summed E-state index contributed by atoms with van der Waals surface area (Å²) in [6, 6.07) is 7.71. The topological polar surface area (TPSA) is 60.4 Å². The summed E-state index contributed by atoms with van der Waals surface area (Å²) < 4.78 is 65.4. The Kier molecular flexibility index (Phi) is 5.24. The van der Waals surface area contributed by atoms with Crippen LogP contribution in [-0.4, -0.2) is 14.6 Å². The molecule has 0 saturated carbocycles. The number of hydrogen-bond acceptors (Lipinski definition) is 4. The number of fused-ring (bicyclic) bond motifs is 1. The first-order chi connectivity index (χ1) is 16.3. The fourth-order valence-corrected chi connectivity index (χ4v) is 3.88. The van der Waals surface area contributed by atoms with E-state index in [4.69, 9.17) is 4.42 Å². The molecule has 0 spiro atoms. The molecule has 0 saturated heterocycles. The summed E-state index contributed by atoms with van der Waals surface area (Å²) in [4.78, 5) is 12.8. The van der Waals surface area contributed by atoms with E-state index in [-0.39, 0.29) is 46.1 Å². The molecule has 9 heteroatoms. The standard InChI is InChI=1S/C25H15F4N3O2/c1-13-30-31-25(34-13)14-11-18(28)23(19(29)12-14)24-21-4-2-3-20(32(21)10-9-22(24)33)16-7-5-15(26)6-8-17(16)27/h2-5,7-12H,6H2,1H3. The van der Waals surface area contributed by atoms with Crippen LogP contribution in [-0.2, 0) is 0 Å². The maximum absolute atomic E-state index is 15.2. The number of aryl methyl sites for hydroxylation is 1. The van der Waals surface area contributed by atoms with E-state index >= 15 is 8.78 Å². The van der Waals surface area contributed by atoms with Crippen molar-refractivity contribution >= 4 is 11.1 Å². The van der Waals surface area contributed by atoms with Crippen LogP contribution in [0, 0.1) is 18.6 Å². The quantitative estimate of drug-likeness (QED) is 0.343. The number of rotatable bonds is 3. The third-order valence-electron chi connectivity index (χ3n) is 5.41. The lowest BCUT2D eigenvalue weighted by Gasteiger charge is -2.15. The van der Waals surface area contributed by atoms with Gasteiger partial charge in [0, 0.05) is 36.7 Å². The van der Waals surface area contributed by atoms with E-state index in [1.165, 1.54) is 35.7 Å². The molecule has 3 heterocycles. The second-order valence-electron chi connectivity index (χ2n) is 7.61. The Hall–Kier alpha value is -4.27. The van der Waals surface area contributed by atoms with Crippen LogP contribution in [0.2, 0.25) is 0 Å². The van der Waals surface area contributed by atoms with Crippen molar-refractivity contribution in [1.82, 2.24) is 14.6 Å². The van der Waals surface area contributed by atoms with Crippen molar-refractivity contribution < 1.29 is 22.0 Å². The van der Waals surface area contributed by atoms with Crippen molar-refractivity contribution in [2.45, 2.75) is 13.3 Å². The Balaban J connectivity index is 1.74. The van der Waals surface area contributed by atoms with Gasteiger partial charge in [0.05, 0.1) is 22.3 Å². The molecule has 1 aromatic carbocycles. The number of allylic oxidation sites excluding steroid dienone is 6. The molecule has 170 valence electrons. The van der Waals surface area contributed by atoms with Crippen LogP contribution >= 0.6 is 0 Å². The lowest BCUT2D eigenvalue weighted by molar-refractivity contribution is 0.530. The first-order valence-corrected chi connectivity index (χ1v) is 10.2. The van der Waals surface area contributed by atoms with Crippen molar-refractivity contribution in [3.63, 3.8) is 0 Å². The van der Waals surface area contributed by atoms with E-state index in [0.717, 1.165) is 30.4 Å². The summed E-state index contributed by atoms with van der Waals surface area (Å²) in [5.74, 6) is -3.03. The lowest BCUT2D eigenvalue weighted by Crippen LogP contribution is -2.11. The number of hydrogen-bond donors (Lipinski definition) is 0. The van der Waals surface area contributed by atoms with Gasteiger partial charge in [0.25, 0.3) is 0 Å². The first kappa shape index (κ1) is 21.6. The number of benzene rings is 1. The smallest absolute Gasteiger partial charge is 0.247 e. The summed E-state index contributed by atoms with van der Waals surface area (Å²) in [5, 5.41) is 7.40. The summed E-state index contributed by atoms with van der Waals surface area (Å²) in [7, 11) is 0. The molecule has 5 nitrogen and oxygen atoms in total. The fraction of sp³-hybridized carbons (Fsp3) is 0.0800. The van der Waals surface area contributed by atoms with E-state index in [1.807, 2.05) is 0 Å². The fourth-order valence-electron chi connectivity index (χ4n) is 3.88. The van der Waals surface area contributed by atoms with Crippen LogP contribution in [0.3, 0.4) is 0 Å². The van der Waals surface area contributed by atoms with Crippen LogP contribution < -0.4 is 5.43 Å². The normalized spacial score (nSPS) is 14.0. The van der Waals surface area contributed by atoms with Gasteiger partial charge in [-0.3, -0.25) is 4.79 Å². The third kappa shape index (κ3) is 3.64. The molecule has 0 amide bonds. The molecule has 0 N–H and O–H groups in total. The molecule has 0 fully saturated rings. The van der Waals surface area contributed by atoms with Gasteiger partial charge in [0.15, 0.2) is 5.43 Å². The van der Waals surface area contributed by atoms with Crippen molar-refractivity contribution in [3.8, 4) is 22.6 Å². The maximum atomic E-state index is 15.2. The number of aromatic nitrogens is 3. The molecule has 34 heavy (non-hydrogen) atoms. The minimum absolute atomic E-state index is 0.0185. The molecule has 0 atom stereocenters. The Morgan fingerprint density at radius 2 is 1.74 bits per heavy atom. The summed E-state index contributed by atoms with van der Waals surface area (Å²) >= 11 is 0. The van der Waals surface area contributed by atoms with Crippen LogP contribution in [0.25, 0.3) is 33.7 Å². The van der Waals surface area contributed by atoms with Gasteiger partial charge in [-0.25, -0.2) is 17.6 Å². The highest BCUT2D eigenvalue weighted by Crippen LogP contribution is 2.34.